The monoisotopic (exact) mass is 1720 g/mol. The van der Waals surface area contributed by atoms with Gasteiger partial charge in [-0.05, 0) is 158 Å². The number of nitrogens with one attached hydrogen (secondary N) is 4. The quantitative estimate of drug-likeness (QED) is 0.0120. The van der Waals surface area contributed by atoms with Crippen LogP contribution in [0.15, 0.2) is 36.0 Å². The average molecular weight is 1720 g/mol. The highest BCUT2D eigenvalue weighted by atomic mass is 16.8. The molecule has 0 radical (unpaired) electrons. The van der Waals surface area contributed by atoms with Gasteiger partial charge in [-0.3, -0.25) is 67.1 Å². The molecule has 0 aromatic carbocycles. The number of nitrogens with zero attached hydrogens (tertiary/aromatic N) is 7. The van der Waals surface area contributed by atoms with E-state index in [1.165, 1.54) is 65.0 Å². The zero-order valence-electron chi connectivity index (χ0n) is 77.6. The summed E-state index contributed by atoms with van der Waals surface area (Å²) < 4.78 is 21.8. The smallest absolute Gasteiger partial charge is 0.458 e. The van der Waals surface area contributed by atoms with E-state index < -0.39 is 211 Å². The van der Waals surface area contributed by atoms with Crippen molar-refractivity contribution in [1.29, 1.82) is 0 Å². The molecule has 0 saturated heterocycles. The Bertz CT molecular complexity index is 3840. The number of ketones is 2. The topological polar surface area (TPSA) is 421 Å². The number of ether oxygens (including phenoxy) is 4. The molecule has 6 N–H and O–H groups in total. The Morgan fingerprint density at radius 2 is 1.16 bits per heavy atom. The summed E-state index contributed by atoms with van der Waals surface area (Å²) in [4.78, 5) is 231. The highest BCUT2D eigenvalue weighted by Crippen LogP contribution is 2.67. The molecule has 33 nitrogen and oxygen atoms in total. The first-order valence-corrected chi connectivity index (χ1v) is 43.4. The first-order chi connectivity index (χ1) is 56.6. The molecule has 0 heterocycles. The van der Waals surface area contributed by atoms with E-state index in [9.17, 15) is 82.2 Å². The minimum Gasteiger partial charge on any atom is -0.458 e. The molecular formula is C89H146N11O22+. The summed E-state index contributed by atoms with van der Waals surface area (Å²) in [6.07, 6.45) is 6.38. The van der Waals surface area contributed by atoms with Crippen molar-refractivity contribution < 1.29 is 106 Å². The Hall–Kier alpha value is -9.01. The van der Waals surface area contributed by atoms with Gasteiger partial charge < -0.3 is 79.8 Å². The molecule has 3 saturated carbocycles. The number of aliphatic hydroxyl groups excluding tert-OH is 1. The molecule has 0 aliphatic heterocycles. The third-order valence-electron chi connectivity index (χ3n) is 25.3. The maximum absolute atomic E-state index is 15.1. The van der Waals surface area contributed by atoms with Crippen molar-refractivity contribution in [3.05, 3.63) is 40.9 Å². The van der Waals surface area contributed by atoms with Gasteiger partial charge in [0.15, 0.2) is 19.4 Å². The van der Waals surface area contributed by atoms with Gasteiger partial charge in [-0.2, -0.15) is 0 Å². The number of hydrogen-bond acceptors (Lipinski definition) is 22. The number of allylic oxidation sites excluding steroid dienone is 6. The van der Waals surface area contributed by atoms with Crippen molar-refractivity contribution in [3.8, 4) is 0 Å². The second kappa shape index (κ2) is 46.1. The molecule has 4 rings (SSSR count). The lowest BCUT2D eigenvalue weighted by Crippen LogP contribution is -2.62. The summed E-state index contributed by atoms with van der Waals surface area (Å²) in [5.41, 5.74) is -2.63. The third-order valence-corrected chi connectivity index (χ3v) is 25.3. The third kappa shape index (κ3) is 26.8. The van der Waals surface area contributed by atoms with Crippen LogP contribution in [0.5, 0.6) is 0 Å². The Labute approximate surface area is 722 Å². The van der Waals surface area contributed by atoms with Gasteiger partial charge in [0.2, 0.25) is 65.7 Å². The number of likely N-dealkylation sites (N-methyl/N-ethyl adjacent to an activating group) is 7. The standard InChI is InChI=1S/C89H145N11O22/c1-28-30-31-55(15)76(122-86(116)121-48-120-71(106)35-34-70(105)119-47-68(103)89(117)39-37-62-61-33-32-59-44-60(101)36-38-87(59,19)72(61)67(102)45-88(62,89)20)75(99(26)85(115)74(54(13)14)100(27)118)80(110)92-63(29-2)82(112)94(21)46-69(104)96(23)64(41-50(5)6)79(109)93-73(53(11)12)84(114)97(24)65(42-51(7)8)78(108)90-57(17)77(107)91-58(18)81(111)98(25)66(43-52(9)10)83(113)95(22)56(16)40-49(3)4/h28,30,36,38,44,49-58,61-67,72-76,102,117H,29,31-35,37,39-43,45-48H2,1-27H3,(H3-,90,91,92,93,107,108,109,110)/p+1. The van der Waals surface area contributed by atoms with E-state index in [1.807, 2.05) is 61.5 Å². The van der Waals surface area contributed by atoms with E-state index in [1.54, 1.807) is 85.6 Å². The Kier molecular flexibility index (Phi) is 39.8. The van der Waals surface area contributed by atoms with Crippen molar-refractivity contribution in [2.75, 3.05) is 69.3 Å². The fourth-order valence-electron chi connectivity index (χ4n) is 18.2. The number of rotatable bonds is 45. The van der Waals surface area contributed by atoms with E-state index in [-0.39, 0.29) is 91.8 Å². The van der Waals surface area contributed by atoms with Crippen LogP contribution in [0.2, 0.25) is 0 Å². The molecule has 0 aromatic rings. The largest absolute Gasteiger partial charge is 0.511 e. The van der Waals surface area contributed by atoms with Crippen LogP contribution in [0.3, 0.4) is 0 Å². The van der Waals surface area contributed by atoms with Crippen LogP contribution < -0.4 is 21.3 Å². The van der Waals surface area contributed by atoms with Crippen LogP contribution in [0, 0.1) is 74.9 Å². The number of hydrogen-bond donors (Lipinski definition) is 6. The number of carbonyl (C=O) groups is 15. The fourth-order valence-corrected chi connectivity index (χ4v) is 18.2. The second-order valence-corrected chi connectivity index (χ2v) is 37.3. The lowest BCUT2D eigenvalue weighted by molar-refractivity contribution is -0.552. The van der Waals surface area contributed by atoms with E-state index in [4.69, 9.17) is 18.9 Å². The first kappa shape index (κ1) is 105. The zero-order valence-corrected chi connectivity index (χ0v) is 77.6. The van der Waals surface area contributed by atoms with Crippen molar-refractivity contribution in [2.24, 2.45) is 70.0 Å². The van der Waals surface area contributed by atoms with Crippen molar-refractivity contribution in [2.45, 2.75) is 300 Å². The molecule has 122 heavy (non-hydrogen) atoms. The van der Waals surface area contributed by atoms with E-state index in [2.05, 4.69) is 35.1 Å². The Balaban J connectivity index is 1.47. The zero-order chi connectivity index (χ0) is 93.0. The van der Waals surface area contributed by atoms with Gasteiger partial charge in [0, 0.05) is 80.7 Å². The number of nitroso groups, excluding NO2 is 1. The minimum atomic E-state index is -1.95. The molecule has 0 bridgehead atoms. The SMILES string of the molecule is CC=CCC(C)C(OC(=O)OCOC(=O)CCC(=O)OCC(=O)C1(O)CCC2C3CCC4=CC(=O)C=CC4(C)C3C(O)CC21C)C(C(=O)NC(CC)C(=O)N(C)CC(=O)N(C)C(CC(C)C)C(=O)NC(C(=O)N(C)C(CC(C)C)C(=O)NC(C)C(=O)NC(C)C(=O)N(C)C(CC(C)C)C(=O)N(C)C(C)CC(C)C)C(C)C)N(C)C(=O)C(C(C)C)[N+](C)=O. The van der Waals surface area contributed by atoms with Crippen molar-refractivity contribution in [1.82, 2.24) is 50.7 Å². The Morgan fingerprint density at radius 1 is 0.615 bits per heavy atom. The van der Waals surface area contributed by atoms with Crippen LogP contribution in [-0.4, -0.2) is 281 Å². The predicted molar refractivity (Wildman–Crippen MR) is 455 cm³/mol. The van der Waals surface area contributed by atoms with Crippen molar-refractivity contribution in [3.63, 3.8) is 0 Å². The molecule has 33 heteroatoms. The summed E-state index contributed by atoms with van der Waals surface area (Å²) in [6, 6.07) is -11.6. The van der Waals surface area contributed by atoms with E-state index >= 15 is 4.79 Å². The highest BCUT2D eigenvalue weighted by molar-refractivity contribution is 6.02. The number of aliphatic hydroxyl groups is 2. The average Bonchev–Trinajstić information content (AvgIpc) is 1.38. The number of fused-ring (bicyclic) bond motifs is 5. The Morgan fingerprint density at radius 3 is 1.70 bits per heavy atom. The predicted octanol–water partition coefficient (Wildman–Crippen LogP) is 6.79. The maximum Gasteiger partial charge on any atom is 0.511 e. The molecule has 19 atom stereocenters. The highest BCUT2D eigenvalue weighted by Gasteiger charge is 2.68. The van der Waals surface area contributed by atoms with Crippen LogP contribution in [0.1, 0.15) is 222 Å². The summed E-state index contributed by atoms with van der Waals surface area (Å²) in [6.45, 7) is 32.9. The number of esters is 2. The van der Waals surface area contributed by atoms with Crippen LogP contribution in [0.25, 0.3) is 0 Å². The molecule has 688 valence electrons. The van der Waals surface area contributed by atoms with Gasteiger partial charge in [0.25, 0.3) is 11.9 Å². The molecule has 10 amide bonds. The van der Waals surface area contributed by atoms with Gasteiger partial charge in [-0.15, -0.1) is 0 Å². The summed E-state index contributed by atoms with van der Waals surface area (Å²) in [5, 5.41) is 34.8. The minimum absolute atomic E-state index is 0.0490. The first-order valence-electron chi connectivity index (χ1n) is 43.4. The molecule has 0 aromatic heterocycles. The number of carbonyl (C=O) groups excluding carboxylic acids is 15. The normalized spacial score (nSPS) is 22.8. The van der Waals surface area contributed by atoms with E-state index in [0.717, 1.165) is 33.7 Å². The fraction of sp³-hybridized carbons (Fsp3) is 0.764. The van der Waals surface area contributed by atoms with Crippen LogP contribution in [0.4, 0.5) is 4.79 Å². The lowest BCUT2D eigenvalue weighted by Gasteiger charge is -2.59. The van der Waals surface area contributed by atoms with Crippen molar-refractivity contribution >= 4 is 88.7 Å². The lowest BCUT2D eigenvalue weighted by atomic mass is 9.46. The molecule has 3 fully saturated rings. The summed E-state index contributed by atoms with van der Waals surface area (Å²) in [5.74, 6) is -12.5. The van der Waals surface area contributed by atoms with Gasteiger partial charge >= 0.3 is 18.1 Å². The van der Waals surface area contributed by atoms with Gasteiger partial charge in [0.05, 0.1) is 25.5 Å². The molecule has 4 aliphatic carbocycles. The molecule has 4 aliphatic rings. The van der Waals surface area contributed by atoms with Crippen LogP contribution >= 0.6 is 0 Å². The maximum atomic E-state index is 15.1. The van der Waals surface area contributed by atoms with Crippen LogP contribution in [-0.2, 0) is 86.1 Å². The van der Waals surface area contributed by atoms with E-state index in [0.29, 0.717) is 36.4 Å². The summed E-state index contributed by atoms with van der Waals surface area (Å²) in [7, 11) is 9.64. The molecule has 0 spiro atoms. The molecular weight excluding hydrogens is 1580 g/mol. The second-order valence-electron chi connectivity index (χ2n) is 37.3. The van der Waals surface area contributed by atoms with Gasteiger partial charge in [0.1, 0.15) is 60.0 Å². The summed E-state index contributed by atoms with van der Waals surface area (Å²) >= 11 is 0. The van der Waals surface area contributed by atoms with Gasteiger partial charge in [-0.25, -0.2) is 4.79 Å². The van der Waals surface area contributed by atoms with Gasteiger partial charge in [-0.1, -0.05) is 135 Å². The number of amides is 10. The number of Topliss-reactive ketones (excluding diaryl/α,β-unsaturated/α-hetero) is 1. The molecule has 19 unspecified atom stereocenters.